The molecule has 1 amide bonds. The van der Waals surface area contributed by atoms with E-state index in [1.807, 2.05) is 29.2 Å². The van der Waals surface area contributed by atoms with E-state index in [0.717, 1.165) is 25.7 Å². The number of β-amino-alcohol motifs (C(OH)–C–C–N with tert-alkyl or cyclic N) is 1. The lowest BCUT2D eigenvalue weighted by Crippen LogP contribution is -2.54. The lowest BCUT2D eigenvalue weighted by atomic mass is 9.96. The Bertz CT molecular complexity index is 720. The van der Waals surface area contributed by atoms with Gasteiger partial charge in [-0.1, -0.05) is 74.0 Å². The number of amides is 1. The number of hydrogen-bond acceptors (Lipinski definition) is 3. The molecule has 150 valence electrons. The summed E-state index contributed by atoms with van der Waals surface area (Å²) in [5.41, 5.74) is 2.44. The van der Waals surface area contributed by atoms with Gasteiger partial charge >= 0.3 is 0 Å². The highest BCUT2D eigenvalue weighted by Crippen LogP contribution is 2.22. The minimum Gasteiger partial charge on any atom is -0.390 e. The molecule has 0 saturated carbocycles. The van der Waals surface area contributed by atoms with Gasteiger partial charge in [-0.25, -0.2) is 0 Å². The summed E-state index contributed by atoms with van der Waals surface area (Å²) in [5.74, 6) is 0.134. The van der Waals surface area contributed by atoms with Crippen molar-refractivity contribution in [3.63, 3.8) is 0 Å². The molecular weight excluding hydrogens is 348 g/mol. The third-order valence-corrected chi connectivity index (χ3v) is 5.60. The number of piperidine rings is 1. The maximum Gasteiger partial charge on any atom is 0.222 e. The highest BCUT2D eigenvalue weighted by atomic mass is 16.3. The van der Waals surface area contributed by atoms with Gasteiger partial charge in [0, 0.05) is 31.6 Å². The van der Waals surface area contributed by atoms with E-state index in [0.29, 0.717) is 19.5 Å². The fraction of sp³-hybridized carbons (Fsp3) is 0.458. The largest absolute Gasteiger partial charge is 0.390 e. The number of benzene rings is 2. The predicted molar refractivity (Wildman–Crippen MR) is 113 cm³/mol. The van der Waals surface area contributed by atoms with Gasteiger partial charge in [0.05, 0.1) is 6.10 Å². The average molecular weight is 381 g/mol. The van der Waals surface area contributed by atoms with Gasteiger partial charge < -0.3 is 15.3 Å². The van der Waals surface area contributed by atoms with Crippen LogP contribution in [0.5, 0.6) is 0 Å². The van der Waals surface area contributed by atoms with E-state index in [4.69, 9.17) is 0 Å². The Morgan fingerprint density at radius 3 is 2.46 bits per heavy atom. The first-order valence-corrected chi connectivity index (χ1v) is 10.5. The topological polar surface area (TPSA) is 52.6 Å². The number of carbonyl (C=O) groups is 1. The van der Waals surface area contributed by atoms with Crippen molar-refractivity contribution in [2.45, 2.75) is 57.2 Å². The smallest absolute Gasteiger partial charge is 0.222 e. The summed E-state index contributed by atoms with van der Waals surface area (Å²) in [7, 11) is 0. The highest BCUT2D eigenvalue weighted by Gasteiger charge is 2.31. The van der Waals surface area contributed by atoms with Crippen molar-refractivity contribution in [1.29, 1.82) is 0 Å². The zero-order valence-corrected chi connectivity index (χ0v) is 16.8. The van der Waals surface area contributed by atoms with Gasteiger partial charge in [0.25, 0.3) is 0 Å². The number of likely N-dealkylation sites (tertiary alicyclic amines) is 1. The molecule has 1 aliphatic heterocycles. The maximum absolute atomic E-state index is 12.6. The highest BCUT2D eigenvalue weighted by molar-refractivity contribution is 5.76. The molecule has 4 nitrogen and oxygen atoms in total. The quantitative estimate of drug-likeness (QED) is 0.734. The number of nitrogens with zero attached hydrogens (tertiary/aromatic N) is 1. The number of aliphatic hydroxyl groups is 1. The van der Waals surface area contributed by atoms with Crippen LogP contribution in [0.15, 0.2) is 60.7 Å². The van der Waals surface area contributed by atoms with Crippen molar-refractivity contribution < 1.29 is 9.90 Å². The molecule has 0 radical (unpaired) electrons. The number of rotatable bonds is 8. The Balaban J connectivity index is 1.51. The number of hydrogen-bond donors (Lipinski definition) is 2. The minimum atomic E-state index is -0.530. The van der Waals surface area contributed by atoms with Gasteiger partial charge in [-0.3, -0.25) is 4.79 Å². The fourth-order valence-corrected chi connectivity index (χ4v) is 3.99. The molecule has 1 heterocycles. The van der Waals surface area contributed by atoms with Crippen LogP contribution in [0.3, 0.4) is 0 Å². The SMILES string of the molecule is CCCC(NC1CCN(C(=O)CCc2ccccc2)CC1O)c1ccccc1. The second-order valence-corrected chi connectivity index (χ2v) is 7.71. The van der Waals surface area contributed by atoms with Crippen molar-refractivity contribution in [1.82, 2.24) is 10.2 Å². The molecule has 0 bridgehead atoms. The normalized spacial score (nSPS) is 20.7. The molecule has 3 atom stereocenters. The average Bonchev–Trinajstić information content (AvgIpc) is 2.74. The summed E-state index contributed by atoms with van der Waals surface area (Å²) < 4.78 is 0. The Labute approximate surface area is 168 Å². The molecule has 2 aromatic carbocycles. The minimum absolute atomic E-state index is 0.0231. The Morgan fingerprint density at radius 1 is 1.14 bits per heavy atom. The molecule has 0 spiro atoms. The molecular formula is C24H32N2O2. The van der Waals surface area contributed by atoms with E-state index in [-0.39, 0.29) is 18.0 Å². The van der Waals surface area contributed by atoms with Crippen LogP contribution in [-0.2, 0) is 11.2 Å². The molecule has 3 rings (SSSR count). The molecule has 1 fully saturated rings. The number of aliphatic hydroxyl groups excluding tert-OH is 1. The summed E-state index contributed by atoms with van der Waals surface area (Å²) in [6.07, 6.45) is 3.62. The third-order valence-electron chi connectivity index (χ3n) is 5.60. The van der Waals surface area contributed by atoms with Crippen LogP contribution in [-0.4, -0.2) is 41.1 Å². The first-order valence-electron chi connectivity index (χ1n) is 10.5. The number of aryl methyl sites for hydroxylation is 1. The summed E-state index contributed by atoms with van der Waals surface area (Å²) in [6.45, 7) is 3.30. The zero-order valence-electron chi connectivity index (χ0n) is 16.8. The number of nitrogens with one attached hydrogen (secondary N) is 1. The van der Waals surface area contributed by atoms with Crippen LogP contribution in [0.2, 0.25) is 0 Å². The Morgan fingerprint density at radius 2 is 1.82 bits per heavy atom. The standard InChI is InChI=1S/C24H32N2O2/c1-2-9-21(20-12-7-4-8-13-20)25-22-16-17-26(18-23(22)27)24(28)15-14-19-10-5-3-6-11-19/h3-8,10-13,21-23,25,27H,2,9,14-18H2,1H3. The summed E-state index contributed by atoms with van der Waals surface area (Å²) in [5, 5.41) is 14.3. The van der Waals surface area contributed by atoms with Crippen LogP contribution in [0.25, 0.3) is 0 Å². The van der Waals surface area contributed by atoms with E-state index in [1.165, 1.54) is 11.1 Å². The van der Waals surface area contributed by atoms with Gasteiger partial charge in [0.1, 0.15) is 0 Å². The van der Waals surface area contributed by atoms with E-state index in [9.17, 15) is 9.90 Å². The second-order valence-electron chi connectivity index (χ2n) is 7.71. The lowest BCUT2D eigenvalue weighted by molar-refractivity contribution is -0.134. The molecule has 0 aromatic heterocycles. The monoisotopic (exact) mass is 380 g/mol. The maximum atomic E-state index is 12.6. The summed E-state index contributed by atoms with van der Waals surface area (Å²) in [4.78, 5) is 14.4. The molecule has 28 heavy (non-hydrogen) atoms. The van der Waals surface area contributed by atoms with Crippen molar-refractivity contribution in [2.24, 2.45) is 0 Å². The summed E-state index contributed by atoms with van der Waals surface area (Å²) in [6, 6.07) is 20.8. The van der Waals surface area contributed by atoms with Gasteiger partial charge in [-0.05, 0) is 30.4 Å². The molecule has 0 aliphatic carbocycles. The first-order chi connectivity index (χ1) is 13.7. The van der Waals surface area contributed by atoms with Crippen molar-refractivity contribution in [2.75, 3.05) is 13.1 Å². The van der Waals surface area contributed by atoms with E-state index in [2.05, 4.69) is 48.6 Å². The molecule has 2 N–H and O–H groups in total. The van der Waals surface area contributed by atoms with Crippen molar-refractivity contribution in [3.8, 4) is 0 Å². The molecule has 3 unspecified atom stereocenters. The zero-order chi connectivity index (χ0) is 19.8. The van der Waals surface area contributed by atoms with E-state index >= 15 is 0 Å². The Hall–Kier alpha value is -2.17. The van der Waals surface area contributed by atoms with Crippen molar-refractivity contribution >= 4 is 5.91 Å². The lowest BCUT2D eigenvalue weighted by Gasteiger charge is -2.38. The van der Waals surface area contributed by atoms with Gasteiger partial charge in [0.15, 0.2) is 0 Å². The predicted octanol–water partition coefficient (Wildman–Crippen LogP) is 3.71. The van der Waals surface area contributed by atoms with Crippen LogP contribution in [0.1, 0.15) is 49.8 Å². The van der Waals surface area contributed by atoms with Gasteiger partial charge in [-0.2, -0.15) is 0 Å². The first kappa shape index (κ1) is 20.6. The molecule has 2 aromatic rings. The van der Waals surface area contributed by atoms with Crippen LogP contribution >= 0.6 is 0 Å². The molecule has 1 aliphatic rings. The van der Waals surface area contributed by atoms with Crippen LogP contribution in [0, 0.1) is 0 Å². The van der Waals surface area contributed by atoms with Gasteiger partial charge in [-0.15, -0.1) is 0 Å². The fourth-order valence-electron chi connectivity index (χ4n) is 3.99. The van der Waals surface area contributed by atoms with E-state index in [1.54, 1.807) is 0 Å². The second kappa shape index (κ2) is 10.4. The van der Waals surface area contributed by atoms with Crippen LogP contribution < -0.4 is 5.32 Å². The summed E-state index contributed by atoms with van der Waals surface area (Å²) >= 11 is 0. The molecule has 1 saturated heterocycles. The van der Waals surface area contributed by atoms with Gasteiger partial charge in [0.2, 0.25) is 5.91 Å². The third kappa shape index (κ3) is 5.66. The molecule has 4 heteroatoms. The van der Waals surface area contributed by atoms with Crippen molar-refractivity contribution in [3.05, 3.63) is 71.8 Å². The van der Waals surface area contributed by atoms with E-state index < -0.39 is 6.10 Å². The Kier molecular flexibility index (Phi) is 7.63. The number of carbonyl (C=O) groups excluding carboxylic acids is 1. The van der Waals surface area contributed by atoms with Crippen LogP contribution in [0.4, 0.5) is 0 Å².